The summed E-state index contributed by atoms with van der Waals surface area (Å²) in [5.74, 6) is -0.755. The van der Waals surface area contributed by atoms with Gasteiger partial charge in [-0.15, -0.1) is 0 Å². The Morgan fingerprint density at radius 2 is 2.15 bits per heavy atom. The van der Waals surface area contributed by atoms with E-state index in [2.05, 4.69) is 9.44 Å². The summed E-state index contributed by atoms with van der Waals surface area (Å²) >= 11 is 0. The molecule has 0 spiro atoms. The van der Waals surface area contributed by atoms with Gasteiger partial charge in [-0.2, -0.15) is 13.1 Å². The Hall–Kier alpha value is -2.06. The summed E-state index contributed by atoms with van der Waals surface area (Å²) in [4.78, 5) is 10.5. The maximum atomic E-state index is 11.7. The van der Waals surface area contributed by atoms with E-state index in [-0.39, 0.29) is 12.2 Å². The van der Waals surface area contributed by atoms with Crippen molar-refractivity contribution in [1.82, 2.24) is 4.72 Å². The topological polar surface area (TPSA) is 105 Å². The normalized spacial score (nSPS) is 11.5. The first-order valence-electron chi connectivity index (χ1n) is 5.74. The van der Waals surface area contributed by atoms with E-state index in [9.17, 15) is 13.2 Å². The minimum absolute atomic E-state index is 0.223. The van der Waals surface area contributed by atoms with Gasteiger partial charge in [0.2, 0.25) is 0 Å². The molecule has 0 fully saturated rings. The predicted molar refractivity (Wildman–Crippen MR) is 75.9 cm³/mol. The number of hydrogen-bond donors (Lipinski definition) is 3. The Morgan fingerprint density at radius 1 is 1.45 bits per heavy atom. The molecule has 20 heavy (non-hydrogen) atoms. The molecule has 0 unspecified atom stereocenters. The second-order valence-corrected chi connectivity index (χ2v) is 5.23. The van der Waals surface area contributed by atoms with Gasteiger partial charge in [-0.1, -0.05) is 13.0 Å². The quantitative estimate of drug-likeness (QED) is 0.653. The van der Waals surface area contributed by atoms with Crippen LogP contribution in [-0.4, -0.2) is 33.1 Å². The maximum Gasteiger partial charge on any atom is 0.328 e. The number of ether oxygens (including phenoxy) is 1. The van der Waals surface area contributed by atoms with Crippen molar-refractivity contribution in [3.63, 3.8) is 0 Å². The molecule has 0 atom stereocenters. The van der Waals surface area contributed by atoms with Crippen molar-refractivity contribution in [2.45, 2.75) is 6.92 Å². The zero-order valence-corrected chi connectivity index (χ0v) is 11.9. The molecule has 0 heterocycles. The lowest BCUT2D eigenvalue weighted by Crippen LogP contribution is -2.29. The van der Waals surface area contributed by atoms with E-state index >= 15 is 0 Å². The van der Waals surface area contributed by atoms with Crippen LogP contribution >= 0.6 is 0 Å². The molecule has 0 bridgehead atoms. The fourth-order valence-corrected chi connectivity index (χ4v) is 2.35. The monoisotopic (exact) mass is 300 g/mol. The van der Waals surface area contributed by atoms with Crippen LogP contribution in [-0.2, 0) is 15.0 Å². The third kappa shape index (κ3) is 4.90. The lowest BCUT2D eigenvalue weighted by atomic mass is 10.2. The van der Waals surface area contributed by atoms with Crippen LogP contribution in [0.25, 0.3) is 6.08 Å². The maximum absolute atomic E-state index is 11.7. The van der Waals surface area contributed by atoms with Crippen LogP contribution in [0, 0.1) is 0 Å². The summed E-state index contributed by atoms with van der Waals surface area (Å²) in [5.41, 5.74) is 0.753. The van der Waals surface area contributed by atoms with E-state index in [1.165, 1.54) is 19.3 Å². The molecule has 0 amide bonds. The van der Waals surface area contributed by atoms with Crippen molar-refractivity contribution in [2.24, 2.45) is 0 Å². The molecule has 0 saturated carbocycles. The van der Waals surface area contributed by atoms with Crippen LogP contribution in [0.3, 0.4) is 0 Å². The van der Waals surface area contributed by atoms with E-state index in [0.29, 0.717) is 11.3 Å². The van der Waals surface area contributed by atoms with Gasteiger partial charge in [-0.3, -0.25) is 4.72 Å². The van der Waals surface area contributed by atoms with Crippen LogP contribution in [0.5, 0.6) is 5.75 Å². The number of benzene rings is 1. The zero-order valence-electron chi connectivity index (χ0n) is 11.1. The number of carboxylic acids is 1. The summed E-state index contributed by atoms with van der Waals surface area (Å²) in [6.07, 6.45) is 2.32. The Balaban J connectivity index is 3.09. The number of hydrogen-bond acceptors (Lipinski definition) is 4. The van der Waals surface area contributed by atoms with E-state index in [1.54, 1.807) is 19.1 Å². The summed E-state index contributed by atoms with van der Waals surface area (Å²) < 4.78 is 33.0. The molecule has 1 aromatic rings. The molecule has 0 radical (unpaired) electrons. The van der Waals surface area contributed by atoms with E-state index in [1.807, 2.05) is 0 Å². The van der Waals surface area contributed by atoms with Crippen molar-refractivity contribution < 1.29 is 23.1 Å². The van der Waals surface area contributed by atoms with Gasteiger partial charge >= 0.3 is 5.97 Å². The van der Waals surface area contributed by atoms with Gasteiger partial charge in [0.1, 0.15) is 5.75 Å². The highest BCUT2D eigenvalue weighted by atomic mass is 32.2. The Kier molecular flexibility index (Phi) is 5.53. The largest absolute Gasteiger partial charge is 0.495 e. The van der Waals surface area contributed by atoms with E-state index in [4.69, 9.17) is 9.84 Å². The minimum Gasteiger partial charge on any atom is -0.495 e. The second kappa shape index (κ2) is 6.92. The van der Waals surface area contributed by atoms with Gasteiger partial charge in [0, 0.05) is 12.6 Å². The third-order valence-electron chi connectivity index (χ3n) is 2.22. The summed E-state index contributed by atoms with van der Waals surface area (Å²) in [7, 11) is -2.28. The Labute approximate surface area is 117 Å². The molecular formula is C12H16N2O5S. The predicted octanol–water partition coefficient (Wildman–Crippen LogP) is 1.06. The molecule has 0 aliphatic carbocycles. The Bertz CT molecular complexity index is 610. The summed E-state index contributed by atoms with van der Waals surface area (Å²) in [5, 5.41) is 8.57. The molecule has 110 valence electrons. The van der Waals surface area contributed by atoms with Gasteiger partial charge in [0.25, 0.3) is 10.2 Å². The van der Waals surface area contributed by atoms with Crippen LogP contribution in [0.15, 0.2) is 24.3 Å². The number of nitrogens with one attached hydrogen (secondary N) is 2. The number of carbonyl (C=O) groups is 1. The number of carboxylic acid groups (broad SMARTS) is 1. The molecular weight excluding hydrogens is 284 g/mol. The van der Waals surface area contributed by atoms with Gasteiger partial charge < -0.3 is 9.84 Å². The summed E-state index contributed by atoms with van der Waals surface area (Å²) in [6, 6.07) is 4.64. The molecule has 7 nitrogen and oxygen atoms in total. The first kappa shape index (κ1) is 16.0. The van der Waals surface area contributed by atoms with E-state index < -0.39 is 16.2 Å². The number of rotatable bonds is 7. The van der Waals surface area contributed by atoms with Crippen LogP contribution < -0.4 is 14.2 Å². The molecule has 0 aliphatic rings. The molecule has 3 N–H and O–H groups in total. The van der Waals surface area contributed by atoms with Crippen molar-refractivity contribution in [2.75, 3.05) is 18.4 Å². The highest BCUT2D eigenvalue weighted by Gasteiger charge is 2.12. The molecule has 1 rings (SSSR count). The molecule has 1 aromatic carbocycles. The second-order valence-electron chi connectivity index (χ2n) is 3.73. The van der Waals surface area contributed by atoms with Crippen LogP contribution in [0.4, 0.5) is 5.69 Å². The lowest BCUT2D eigenvalue weighted by molar-refractivity contribution is -0.131. The number of anilines is 1. The smallest absolute Gasteiger partial charge is 0.328 e. The van der Waals surface area contributed by atoms with Crippen LogP contribution in [0.2, 0.25) is 0 Å². The first-order valence-corrected chi connectivity index (χ1v) is 7.22. The van der Waals surface area contributed by atoms with Crippen molar-refractivity contribution in [3.05, 3.63) is 29.8 Å². The van der Waals surface area contributed by atoms with E-state index in [0.717, 1.165) is 6.08 Å². The van der Waals surface area contributed by atoms with Gasteiger partial charge in [0.05, 0.1) is 12.8 Å². The highest BCUT2D eigenvalue weighted by Crippen LogP contribution is 2.26. The Morgan fingerprint density at radius 3 is 2.70 bits per heavy atom. The SMILES string of the molecule is CCNS(=O)(=O)Nc1cc(/C=C/C(=O)O)ccc1OC. The van der Waals surface area contributed by atoms with Gasteiger partial charge in [-0.25, -0.2) is 4.79 Å². The number of aliphatic carboxylic acids is 1. The standard InChI is InChI=1S/C12H16N2O5S/c1-3-13-20(17,18)14-10-8-9(5-7-12(15)16)4-6-11(10)19-2/h4-8,13-14H,3H2,1-2H3,(H,15,16)/b7-5+. The average molecular weight is 300 g/mol. The van der Waals surface area contributed by atoms with Crippen LogP contribution in [0.1, 0.15) is 12.5 Å². The molecule has 0 saturated heterocycles. The molecule has 0 aromatic heterocycles. The highest BCUT2D eigenvalue weighted by molar-refractivity contribution is 7.90. The van der Waals surface area contributed by atoms with Gasteiger partial charge in [0.15, 0.2) is 0 Å². The minimum atomic E-state index is -3.69. The summed E-state index contributed by atoms with van der Waals surface area (Å²) in [6.45, 7) is 1.90. The molecule has 0 aliphatic heterocycles. The first-order chi connectivity index (χ1) is 9.38. The van der Waals surface area contributed by atoms with Gasteiger partial charge in [-0.05, 0) is 23.8 Å². The van der Waals surface area contributed by atoms with Crippen molar-refractivity contribution in [1.29, 1.82) is 0 Å². The fraction of sp³-hybridized carbons (Fsp3) is 0.250. The number of methoxy groups -OCH3 is 1. The molecule has 8 heteroatoms. The van der Waals surface area contributed by atoms with Crippen molar-refractivity contribution in [3.8, 4) is 5.75 Å². The van der Waals surface area contributed by atoms with Crippen molar-refractivity contribution >= 4 is 27.9 Å². The third-order valence-corrected chi connectivity index (χ3v) is 3.38. The lowest BCUT2D eigenvalue weighted by Gasteiger charge is -2.12. The fourth-order valence-electron chi connectivity index (χ4n) is 1.45. The average Bonchev–Trinajstić information content (AvgIpc) is 2.36. The zero-order chi connectivity index (χ0) is 15.2.